The fourth-order valence-corrected chi connectivity index (χ4v) is 3.10. The average Bonchev–Trinajstić information content (AvgIpc) is 2.73. The monoisotopic (exact) mass is 306 g/mol. The molecule has 0 aliphatic carbocycles. The Morgan fingerprint density at radius 1 is 1.24 bits per heavy atom. The van der Waals surface area contributed by atoms with E-state index in [1.807, 2.05) is 31.2 Å². The molecule has 0 radical (unpaired) electrons. The summed E-state index contributed by atoms with van der Waals surface area (Å²) >= 11 is 0. The van der Waals surface area contributed by atoms with E-state index in [9.17, 15) is 9.00 Å². The maximum absolute atomic E-state index is 12.1. The molecule has 2 aromatic rings. The molecule has 0 spiro atoms. The molecule has 6 heteroatoms. The molecule has 1 atom stereocenters. The third-order valence-corrected chi connectivity index (χ3v) is 4.31. The summed E-state index contributed by atoms with van der Waals surface area (Å²) in [6.45, 7) is 5.55. The molecule has 0 aliphatic heterocycles. The van der Waals surface area contributed by atoms with Crippen molar-refractivity contribution in [3.05, 3.63) is 46.8 Å². The number of amides is 1. The van der Waals surface area contributed by atoms with Gasteiger partial charge in [-0.05, 0) is 32.9 Å². The van der Waals surface area contributed by atoms with Gasteiger partial charge in [0, 0.05) is 22.1 Å². The molecule has 0 saturated carbocycles. The first kappa shape index (κ1) is 15.4. The van der Waals surface area contributed by atoms with Crippen LogP contribution in [-0.4, -0.2) is 21.0 Å². The highest BCUT2D eigenvalue weighted by Gasteiger charge is 2.15. The number of nitrogens with zero attached hydrogens (tertiary/aromatic N) is 1. The van der Waals surface area contributed by atoms with Gasteiger partial charge in [-0.25, -0.2) is 0 Å². The van der Waals surface area contributed by atoms with E-state index in [0.717, 1.165) is 16.8 Å². The Hall–Kier alpha value is -1.95. The number of aryl methyl sites for hydroxylation is 3. The minimum atomic E-state index is -1.29. The fraction of sp³-hybridized carbons (Fsp3) is 0.333. The zero-order valence-electron chi connectivity index (χ0n) is 12.3. The van der Waals surface area contributed by atoms with Crippen molar-refractivity contribution in [1.82, 2.24) is 5.16 Å². The normalized spacial score (nSPS) is 12.1. The number of carbonyl (C=O) groups is 1. The predicted molar refractivity (Wildman–Crippen MR) is 82.5 cm³/mol. The van der Waals surface area contributed by atoms with Gasteiger partial charge in [-0.3, -0.25) is 9.00 Å². The predicted octanol–water partition coefficient (Wildman–Crippen LogP) is 2.49. The van der Waals surface area contributed by atoms with Gasteiger partial charge in [0.15, 0.2) is 0 Å². The number of anilines is 1. The van der Waals surface area contributed by atoms with Crippen LogP contribution < -0.4 is 5.32 Å². The van der Waals surface area contributed by atoms with Crippen LogP contribution in [0.2, 0.25) is 0 Å². The summed E-state index contributed by atoms with van der Waals surface area (Å²) in [5.41, 5.74) is 3.37. The summed E-state index contributed by atoms with van der Waals surface area (Å²) in [6.07, 6.45) is 0. The molecule has 1 N–H and O–H groups in total. The lowest BCUT2D eigenvalue weighted by Crippen LogP contribution is -2.20. The molecular formula is C15H18N2O3S. The molecule has 1 heterocycles. The van der Waals surface area contributed by atoms with Crippen LogP contribution in [0.1, 0.15) is 22.6 Å². The van der Waals surface area contributed by atoms with E-state index in [1.54, 1.807) is 13.8 Å². The van der Waals surface area contributed by atoms with Crippen LogP contribution >= 0.6 is 0 Å². The summed E-state index contributed by atoms with van der Waals surface area (Å²) in [5, 5.41) is 6.55. The van der Waals surface area contributed by atoms with E-state index >= 15 is 0 Å². The van der Waals surface area contributed by atoms with Crippen LogP contribution in [0.15, 0.2) is 28.8 Å². The van der Waals surface area contributed by atoms with Crippen molar-refractivity contribution in [2.45, 2.75) is 26.5 Å². The van der Waals surface area contributed by atoms with Gasteiger partial charge < -0.3 is 9.84 Å². The van der Waals surface area contributed by atoms with E-state index in [1.165, 1.54) is 0 Å². The molecule has 1 aromatic carbocycles. The van der Waals surface area contributed by atoms with E-state index in [2.05, 4.69) is 10.5 Å². The van der Waals surface area contributed by atoms with Crippen molar-refractivity contribution in [1.29, 1.82) is 0 Å². The lowest BCUT2D eigenvalue weighted by molar-refractivity contribution is -0.113. The number of hydrogen-bond donors (Lipinski definition) is 1. The van der Waals surface area contributed by atoms with Crippen molar-refractivity contribution in [2.75, 3.05) is 11.1 Å². The zero-order valence-corrected chi connectivity index (χ0v) is 13.1. The second kappa shape index (κ2) is 6.67. The topological polar surface area (TPSA) is 72.2 Å². The van der Waals surface area contributed by atoms with Gasteiger partial charge in [0.2, 0.25) is 5.91 Å². The summed E-state index contributed by atoms with van der Waals surface area (Å²) < 4.78 is 17.1. The van der Waals surface area contributed by atoms with Gasteiger partial charge >= 0.3 is 0 Å². The Morgan fingerprint density at radius 2 is 1.90 bits per heavy atom. The number of aromatic nitrogens is 1. The fourth-order valence-electron chi connectivity index (χ4n) is 1.90. The van der Waals surface area contributed by atoms with Crippen LogP contribution in [0.4, 0.5) is 5.69 Å². The smallest absolute Gasteiger partial charge is 0.237 e. The van der Waals surface area contributed by atoms with E-state index < -0.39 is 10.8 Å². The molecule has 0 fully saturated rings. The summed E-state index contributed by atoms with van der Waals surface area (Å²) in [5.74, 6) is 0.629. The molecule has 0 saturated heterocycles. The van der Waals surface area contributed by atoms with Crippen LogP contribution in [0.3, 0.4) is 0 Å². The molecule has 112 valence electrons. The van der Waals surface area contributed by atoms with Gasteiger partial charge in [-0.15, -0.1) is 0 Å². The Labute approximate surface area is 126 Å². The highest BCUT2D eigenvalue weighted by molar-refractivity contribution is 7.85. The Morgan fingerprint density at radius 3 is 2.48 bits per heavy atom. The minimum absolute atomic E-state index is 0.0437. The largest absolute Gasteiger partial charge is 0.361 e. The molecule has 2 rings (SSSR count). The van der Waals surface area contributed by atoms with Crippen molar-refractivity contribution in [3.8, 4) is 0 Å². The third kappa shape index (κ3) is 4.26. The molecule has 0 aliphatic rings. The van der Waals surface area contributed by atoms with Crippen molar-refractivity contribution < 1.29 is 13.5 Å². The van der Waals surface area contributed by atoms with E-state index in [0.29, 0.717) is 11.4 Å². The van der Waals surface area contributed by atoms with Crippen molar-refractivity contribution in [3.63, 3.8) is 0 Å². The van der Waals surface area contributed by atoms with Crippen molar-refractivity contribution in [2.24, 2.45) is 0 Å². The molecule has 1 amide bonds. The SMILES string of the molecule is Cc1ccc(NC(=O)C[S@](=O)Cc2c(C)noc2C)cc1. The maximum Gasteiger partial charge on any atom is 0.237 e. The number of hydrogen-bond acceptors (Lipinski definition) is 4. The molecule has 1 aromatic heterocycles. The van der Waals surface area contributed by atoms with E-state index in [4.69, 9.17) is 4.52 Å². The molecule has 21 heavy (non-hydrogen) atoms. The van der Waals surface area contributed by atoms with Gasteiger partial charge in [0.1, 0.15) is 11.5 Å². The Kier molecular flexibility index (Phi) is 4.90. The highest BCUT2D eigenvalue weighted by atomic mass is 32.2. The average molecular weight is 306 g/mol. The van der Waals surface area contributed by atoms with Gasteiger partial charge in [0.25, 0.3) is 0 Å². The second-order valence-electron chi connectivity index (χ2n) is 4.95. The quantitative estimate of drug-likeness (QED) is 0.921. The summed E-state index contributed by atoms with van der Waals surface area (Å²) in [6, 6.07) is 7.47. The number of nitrogens with one attached hydrogen (secondary N) is 1. The Bertz CT molecular complexity index is 643. The van der Waals surface area contributed by atoms with E-state index in [-0.39, 0.29) is 17.4 Å². The molecule has 0 unspecified atom stereocenters. The first-order valence-electron chi connectivity index (χ1n) is 6.59. The minimum Gasteiger partial charge on any atom is -0.361 e. The molecule has 5 nitrogen and oxygen atoms in total. The zero-order chi connectivity index (χ0) is 15.4. The molecule has 0 bridgehead atoms. The number of carbonyl (C=O) groups excluding carboxylic acids is 1. The lowest BCUT2D eigenvalue weighted by Gasteiger charge is -2.05. The van der Waals surface area contributed by atoms with Crippen LogP contribution in [0.5, 0.6) is 0 Å². The number of rotatable bonds is 5. The molecular weight excluding hydrogens is 288 g/mol. The van der Waals surface area contributed by atoms with Gasteiger partial charge in [-0.1, -0.05) is 22.9 Å². The first-order chi connectivity index (χ1) is 9.95. The summed E-state index contributed by atoms with van der Waals surface area (Å²) in [7, 11) is -1.29. The second-order valence-corrected chi connectivity index (χ2v) is 6.40. The van der Waals surface area contributed by atoms with Crippen LogP contribution in [-0.2, 0) is 21.3 Å². The van der Waals surface area contributed by atoms with Crippen LogP contribution in [0.25, 0.3) is 0 Å². The van der Waals surface area contributed by atoms with Crippen molar-refractivity contribution >= 4 is 22.4 Å². The maximum atomic E-state index is 12.1. The lowest BCUT2D eigenvalue weighted by atomic mass is 10.2. The van der Waals surface area contributed by atoms with Crippen LogP contribution in [0, 0.1) is 20.8 Å². The Balaban J connectivity index is 1.90. The van der Waals surface area contributed by atoms with Gasteiger partial charge in [0.05, 0.1) is 11.4 Å². The standard InChI is InChI=1S/C15H18N2O3S/c1-10-4-6-13(7-5-10)16-15(18)9-21(19)8-14-11(2)17-20-12(14)3/h4-7H,8-9H2,1-3H3,(H,16,18)/t21-/m1/s1. The third-order valence-electron chi connectivity index (χ3n) is 3.11. The highest BCUT2D eigenvalue weighted by Crippen LogP contribution is 2.15. The first-order valence-corrected chi connectivity index (χ1v) is 8.07. The number of benzene rings is 1. The van der Waals surface area contributed by atoms with Gasteiger partial charge in [-0.2, -0.15) is 0 Å². The summed E-state index contributed by atoms with van der Waals surface area (Å²) in [4.78, 5) is 11.9.